The Labute approximate surface area is 176 Å². The van der Waals surface area contributed by atoms with Crippen molar-refractivity contribution in [2.45, 2.75) is 71.1 Å². The number of rotatable bonds is 7. The van der Waals surface area contributed by atoms with Crippen molar-refractivity contribution in [3.05, 3.63) is 53.8 Å². The molecule has 1 fully saturated rings. The van der Waals surface area contributed by atoms with Crippen molar-refractivity contribution in [3.8, 4) is 16.9 Å². The Kier molecular flexibility index (Phi) is 7.43. The van der Waals surface area contributed by atoms with Crippen LogP contribution in [0.4, 0.5) is 17.6 Å². The zero-order valence-corrected chi connectivity index (χ0v) is 17.6. The van der Waals surface area contributed by atoms with E-state index in [1.54, 1.807) is 0 Å². The number of halogens is 4. The van der Waals surface area contributed by atoms with Crippen molar-refractivity contribution in [2.24, 2.45) is 11.8 Å². The van der Waals surface area contributed by atoms with E-state index in [0.717, 1.165) is 29.5 Å². The zero-order chi connectivity index (χ0) is 21.7. The largest absolute Gasteiger partial charge is 0.573 e. The van der Waals surface area contributed by atoms with Crippen LogP contribution in [0.15, 0.2) is 42.5 Å². The van der Waals surface area contributed by atoms with Gasteiger partial charge >= 0.3 is 6.36 Å². The number of hydrogen-bond acceptors (Lipinski definition) is 1. The summed E-state index contributed by atoms with van der Waals surface area (Å²) in [6, 6.07) is 11.5. The third-order valence-electron chi connectivity index (χ3n) is 6.48. The standard InChI is InChI=1S/C25H30F4O/c1-3-17(2)4-5-18-6-8-19(9-7-18)20-10-12-21(13-11-20)22-14-15-24(23(26)16-22)30-25(27,28)29/h10-19H,3-9H2,1-2H3. The highest BCUT2D eigenvalue weighted by atomic mass is 19.4. The number of hydrogen-bond donors (Lipinski definition) is 0. The highest BCUT2D eigenvalue weighted by molar-refractivity contribution is 5.64. The molecule has 1 aliphatic carbocycles. The van der Waals surface area contributed by atoms with Gasteiger partial charge in [-0.05, 0) is 72.3 Å². The van der Waals surface area contributed by atoms with Crippen LogP contribution in [0.25, 0.3) is 11.1 Å². The molecule has 0 saturated heterocycles. The number of benzene rings is 2. The van der Waals surface area contributed by atoms with Gasteiger partial charge in [0, 0.05) is 0 Å². The van der Waals surface area contributed by atoms with Gasteiger partial charge in [0.25, 0.3) is 0 Å². The minimum atomic E-state index is -4.91. The lowest BCUT2D eigenvalue weighted by Gasteiger charge is -2.29. The molecule has 5 heteroatoms. The Bertz CT molecular complexity index is 805. The van der Waals surface area contributed by atoms with E-state index in [9.17, 15) is 17.6 Å². The third kappa shape index (κ3) is 6.23. The molecule has 1 atom stereocenters. The monoisotopic (exact) mass is 422 g/mol. The van der Waals surface area contributed by atoms with Crippen LogP contribution in [0.5, 0.6) is 5.75 Å². The third-order valence-corrected chi connectivity index (χ3v) is 6.48. The Morgan fingerprint density at radius 3 is 2.17 bits per heavy atom. The predicted octanol–water partition coefficient (Wildman–Crippen LogP) is 8.49. The predicted molar refractivity (Wildman–Crippen MR) is 112 cm³/mol. The summed E-state index contributed by atoms with van der Waals surface area (Å²) in [4.78, 5) is 0. The molecule has 0 bridgehead atoms. The summed E-state index contributed by atoms with van der Waals surface area (Å²) in [7, 11) is 0. The molecule has 1 nitrogen and oxygen atoms in total. The average molecular weight is 423 g/mol. The number of alkyl halides is 3. The van der Waals surface area contributed by atoms with E-state index in [-0.39, 0.29) is 0 Å². The topological polar surface area (TPSA) is 9.23 Å². The summed E-state index contributed by atoms with van der Waals surface area (Å²) in [5.41, 5.74) is 2.59. The van der Waals surface area contributed by atoms with Crippen LogP contribution in [0.3, 0.4) is 0 Å². The first-order chi connectivity index (χ1) is 14.2. The van der Waals surface area contributed by atoms with Crippen molar-refractivity contribution in [1.29, 1.82) is 0 Å². The fourth-order valence-corrected chi connectivity index (χ4v) is 4.34. The fourth-order valence-electron chi connectivity index (χ4n) is 4.34. The molecule has 0 spiro atoms. The molecule has 164 valence electrons. The Morgan fingerprint density at radius 1 is 0.967 bits per heavy atom. The van der Waals surface area contributed by atoms with Crippen LogP contribution in [0, 0.1) is 17.7 Å². The zero-order valence-electron chi connectivity index (χ0n) is 17.6. The van der Waals surface area contributed by atoms with Crippen molar-refractivity contribution in [1.82, 2.24) is 0 Å². The fraction of sp³-hybridized carbons (Fsp3) is 0.520. The minimum Gasteiger partial charge on any atom is -0.403 e. The smallest absolute Gasteiger partial charge is 0.403 e. The summed E-state index contributed by atoms with van der Waals surface area (Å²) in [6.45, 7) is 4.58. The van der Waals surface area contributed by atoms with Gasteiger partial charge in [-0.1, -0.05) is 63.4 Å². The van der Waals surface area contributed by atoms with E-state index in [2.05, 4.69) is 30.7 Å². The SMILES string of the molecule is CCC(C)CCC1CCC(c2ccc(-c3ccc(OC(F)(F)F)c(F)c3)cc2)CC1. The first-order valence-electron chi connectivity index (χ1n) is 10.9. The first kappa shape index (κ1) is 22.6. The number of ether oxygens (including phenoxy) is 1. The quantitative estimate of drug-likeness (QED) is 0.407. The summed E-state index contributed by atoms with van der Waals surface area (Å²) >= 11 is 0. The van der Waals surface area contributed by atoms with Gasteiger partial charge in [0.2, 0.25) is 0 Å². The maximum Gasteiger partial charge on any atom is 0.573 e. The molecule has 2 aromatic rings. The Balaban J connectivity index is 1.59. The van der Waals surface area contributed by atoms with Crippen LogP contribution in [-0.2, 0) is 0 Å². The summed E-state index contributed by atoms with van der Waals surface area (Å²) in [5.74, 6) is 0.375. The first-order valence-corrected chi connectivity index (χ1v) is 10.9. The molecule has 0 aliphatic heterocycles. The molecule has 0 radical (unpaired) electrons. The highest BCUT2D eigenvalue weighted by Crippen LogP contribution is 2.39. The van der Waals surface area contributed by atoms with Crippen LogP contribution < -0.4 is 4.74 Å². The van der Waals surface area contributed by atoms with Crippen molar-refractivity contribution >= 4 is 0 Å². The van der Waals surface area contributed by atoms with E-state index < -0.39 is 17.9 Å². The lowest BCUT2D eigenvalue weighted by atomic mass is 9.76. The molecule has 0 N–H and O–H groups in total. The van der Waals surface area contributed by atoms with Gasteiger partial charge in [-0.15, -0.1) is 13.2 Å². The van der Waals surface area contributed by atoms with Crippen LogP contribution >= 0.6 is 0 Å². The maximum absolute atomic E-state index is 14.0. The molecule has 0 aromatic heterocycles. The molecule has 30 heavy (non-hydrogen) atoms. The molecule has 1 saturated carbocycles. The van der Waals surface area contributed by atoms with E-state index in [4.69, 9.17) is 0 Å². The lowest BCUT2D eigenvalue weighted by Crippen LogP contribution is -2.17. The maximum atomic E-state index is 14.0. The molecule has 1 aliphatic rings. The summed E-state index contributed by atoms with van der Waals surface area (Å²) in [6.07, 6.45) is 3.94. The molecule has 1 unspecified atom stereocenters. The van der Waals surface area contributed by atoms with Gasteiger partial charge in [-0.25, -0.2) is 4.39 Å². The highest BCUT2D eigenvalue weighted by Gasteiger charge is 2.32. The van der Waals surface area contributed by atoms with Gasteiger partial charge in [0.15, 0.2) is 11.6 Å². The second kappa shape index (κ2) is 9.84. The average Bonchev–Trinajstić information content (AvgIpc) is 2.73. The summed E-state index contributed by atoms with van der Waals surface area (Å²) < 4.78 is 54.6. The van der Waals surface area contributed by atoms with Gasteiger partial charge in [0.1, 0.15) is 0 Å². The van der Waals surface area contributed by atoms with Gasteiger partial charge in [-0.2, -0.15) is 0 Å². The second-order valence-electron chi connectivity index (χ2n) is 8.62. The summed E-state index contributed by atoms with van der Waals surface area (Å²) in [5, 5.41) is 0. The minimum absolute atomic E-state index is 0.530. The van der Waals surface area contributed by atoms with Gasteiger partial charge in [-0.3, -0.25) is 0 Å². The van der Waals surface area contributed by atoms with Gasteiger partial charge < -0.3 is 4.74 Å². The Hall–Kier alpha value is -2.04. The second-order valence-corrected chi connectivity index (χ2v) is 8.62. The lowest BCUT2D eigenvalue weighted by molar-refractivity contribution is -0.275. The van der Waals surface area contributed by atoms with Crippen LogP contribution in [0.2, 0.25) is 0 Å². The van der Waals surface area contributed by atoms with E-state index >= 15 is 0 Å². The normalized spacial score (nSPS) is 20.7. The van der Waals surface area contributed by atoms with Crippen molar-refractivity contribution in [2.75, 3.05) is 0 Å². The van der Waals surface area contributed by atoms with Crippen molar-refractivity contribution in [3.63, 3.8) is 0 Å². The van der Waals surface area contributed by atoms with E-state index in [1.165, 1.54) is 56.6 Å². The van der Waals surface area contributed by atoms with E-state index in [1.807, 2.05) is 12.1 Å². The van der Waals surface area contributed by atoms with Gasteiger partial charge in [0.05, 0.1) is 0 Å². The molecular weight excluding hydrogens is 392 g/mol. The molecule has 0 heterocycles. The molecule has 2 aromatic carbocycles. The van der Waals surface area contributed by atoms with Crippen molar-refractivity contribution < 1.29 is 22.3 Å². The molecule has 3 rings (SSSR count). The molecular formula is C25H30F4O. The van der Waals surface area contributed by atoms with Crippen LogP contribution in [0.1, 0.15) is 70.3 Å². The molecule has 0 amide bonds. The van der Waals surface area contributed by atoms with E-state index in [0.29, 0.717) is 11.5 Å². The Morgan fingerprint density at radius 2 is 1.60 bits per heavy atom. The van der Waals surface area contributed by atoms with Crippen LogP contribution in [-0.4, -0.2) is 6.36 Å².